The van der Waals surface area contributed by atoms with Crippen LogP contribution in [0, 0.1) is 0 Å². The molecule has 0 aliphatic carbocycles. The van der Waals surface area contributed by atoms with Gasteiger partial charge in [-0.15, -0.1) is 0 Å². The minimum absolute atomic E-state index is 0.131. The van der Waals surface area contributed by atoms with Crippen molar-refractivity contribution >= 4 is 22.8 Å². The van der Waals surface area contributed by atoms with E-state index in [0.717, 1.165) is 5.52 Å². The van der Waals surface area contributed by atoms with Gasteiger partial charge in [0.05, 0.1) is 11.0 Å². The molecule has 2 amide bonds. The summed E-state index contributed by atoms with van der Waals surface area (Å²) in [6, 6.07) is 5.11. The van der Waals surface area contributed by atoms with E-state index in [-0.39, 0.29) is 17.5 Å². The molecule has 2 aromatic rings. The molecule has 0 radical (unpaired) electrons. The molecule has 0 saturated carbocycles. The van der Waals surface area contributed by atoms with E-state index in [1.54, 1.807) is 32.3 Å². The van der Waals surface area contributed by atoms with Crippen LogP contribution in [0.15, 0.2) is 23.0 Å². The molecule has 0 atom stereocenters. The van der Waals surface area contributed by atoms with Crippen LogP contribution in [0.1, 0.15) is 17.3 Å². The topological polar surface area (TPSA) is 85.1 Å². The molecule has 0 aliphatic rings. The Morgan fingerprint density at radius 2 is 1.67 bits per heavy atom. The zero-order chi connectivity index (χ0) is 15.6. The van der Waals surface area contributed by atoms with Crippen LogP contribution in [0.2, 0.25) is 0 Å². The predicted octanol–water partition coefficient (Wildman–Crippen LogP) is -0.257. The minimum atomic E-state index is -0.237. The van der Waals surface area contributed by atoms with Crippen molar-refractivity contribution in [2.45, 2.75) is 6.92 Å². The first-order valence-corrected chi connectivity index (χ1v) is 6.60. The number of imidazole rings is 1. The molecular formula is C14H18N4O3. The highest BCUT2D eigenvalue weighted by atomic mass is 16.2. The van der Waals surface area contributed by atoms with Crippen LogP contribution in [0.3, 0.4) is 0 Å². The molecule has 1 heterocycles. The number of hydrogen-bond acceptors (Lipinski definition) is 3. The molecule has 2 rings (SSSR count). The fraction of sp³-hybridized carbons (Fsp3) is 0.357. The maximum atomic E-state index is 12.0. The smallest absolute Gasteiger partial charge is 0.328 e. The Labute approximate surface area is 121 Å². The van der Waals surface area contributed by atoms with Crippen LogP contribution in [0.25, 0.3) is 11.0 Å². The van der Waals surface area contributed by atoms with E-state index in [2.05, 4.69) is 10.6 Å². The lowest BCUT2D eigenvalue weighted by Crippen LogP contribution is -2.33. The van der Waals surface area contributed by atoms with Gasteiger partial charge in [0.15, 0.2) is 0 Å². The number of amides is 2. The van der Waals surface area contributed by atoms with Crippen molar-refractivity contribution in [3.63, 3.8) is 0 Å². The lowest BCUT2D eigenvalue weighted by Gasteiger charge is -2.06. The Kier molecular flexibility index (Phi) is 4.11. The molecule has 112 valence electrons. The monoisotopic (exact) mass is 290 g/mol. The Hall–Kier alpha value is -2.57. The third kappa shape index (κ3) is 2.96. The molecular weight excluding hydrogens is 272 g/mol. The van der Waals surface area contributed by atoms with Gasteiger partial charge < -0.3 is 10.6 Å². The van der Waals surface area contributed by atoms with Crippen molar-refractivity contribution in [2.75, 3.05) is 13.1 Å². The summed E-state index contributed by atoms with van der Waals surface area (Å²) >= 11 is 0. The Balaban J connectivity index is 2.15. The van der Waals surface area contributed by atoms with Gasteiger partial charge in [-0.25, -0.2) is 4.79 Å². The predicted molar refractivity (Wildman–Crippen MR) is 79.2 cm³/mol. The average molecular weight is 290 g/mol. The number of aryl methyl sites for hydroxylation is 2. The quantitative estimate of drug-likeness (QED) is 0.761. The highest BCUT2D eigenvalue weighted by Crippen LogP contribution is 2.13. The Bertz CT molecular complexity index is 757. The van der Waals surface area contributed by atoms with Crippen LogP contribution in [-0.2, 0) is 18.9 Å². The van der Waals surface area contributed by atoms with Crippen molar-refractivity contribution in [1.29, 1.82) is 0 Å². The summed E-state index contributed by atoms with van der Waals surface area (Å²) in [5.41, 5.74) is 1.83. The summed E-state index contributed by atoms with van der Waals surface area (Å²) in [5.74, 6) is -0.372. The number of rotatable bonds is 4. The van der Waals surface area contributed by atoms with E-state index in [4.69, 9.17) is 0 Å². The van der Waals surface area contributed by atoms with Crippen molar-refractivity contribution in [1.82, 2.24) is 19.8 Å². The summed E-state index contributed by atoms with van der Waals surface area (Å²) in [4.78, 5) is 34.6. The number of nitrogens with zero attached hydrogens (tertiary/aromatic N) is 2. The maximum absolute atomic E-state index is 12.0. The van der Waals surface area contributed by atoms with Gasteiger partial charge in [0.2, 0.25) is 5.91 Å². The number of benzene rings is 1. The Morgan fingerprint density at radius 3 is 2.33 bits per heavy atom. The first kappa shape index (κ1) is 14.8. The molecule has 2 N–H and O–H groups in total. The molecule has 7 nitrogen and oxygen atoms in total. The summed E-state index contributed by atoms with van der Waals surface area (Å²) in [7, 11) is 3.36. The zero-order valence-electron chi connectivity index (χ0n) is 12.3. The van der Waals surface area contributed by atoms with Gasteiger partial charge in [-0.1, -0.05) is 0 Å². The van der Waals surface area contributed by atoms with E-state index in [1.165, 1.54) is 16.1 Å². The number of hydrogen-bond donors (Lipinski definition) is 2. The van der Waals surface area contributed by atoms with E-state index >= 15 is 0 Å². The van der Waals surface area contributed by atoms with Crippen molar-refractivity contribution in [3.05, 3.63) is 34.2 Å². The Morgan fingerprint density at radius 1 is 1.05 bits per heavy atom. The fourth-order valence-electron chi connectivity index (χ4n) is 2.16. The van der Waals surface area contributed by atoms with Gasteiger partial charge in [-0.05, 0) is 18.2 Å². The number of carbonyl (C=O) groups excluding carboxylic acids is 2. The summed E-state index contributed by atoms with van der Waals surface area (Å²) in [5, 5.41) is 5.31. The number of carbonyl (C=O) groups is 2. The third-order valence-electron chi connectivity index (χ3n) is 3.32. The van der Waals surface area contributed by atoms with Gasteiger partial charge in [-0.3, -0.25) is 18.7 Å². The van der Waals surface area contributed by atoms with Crippen LogP contribution in [0.5, 0.6) is 0 Å². The molecule has 0 bridgehead atoms. The highest BCUT2D eigenvalue weighted by molar-refractivity contribution is 5.97. The summed E-state index contributed by atoms with van der Waals surface area (Å²) in [6.07, 6.45) is 0. The standard InChI is InChI=1S/C14H18N4O3/c1-9(19)15-6-7-16-13(20)10-4-5-11-12(8-10)18(3)14(21)17(11)2/h4-5,8H,6-7H2,1-3H3,(H,15,19)(H,16,20). The average Bonchev–Trinajstić information content (AvgIpc) is 2.68. The molecule has 0 spiro atoms. The molecule has 1 aromatic heterocycles. The highest BCUT2D eigenvalue weighted by Gasteiger charge is 2.11. The molecule has 0 saturated heterocycles. The minimum Gasteiger partial charge on any atom is -0.355 e. The van der Waals surface area contributed by atoms with Crippen molar-refractivity contribution in [2.24, 2.45) is 14.1 Å². The summed E-state index contributed by atoms with van der Waals surface area (Å²) < 4.78 is 3.04. The molecule has 21 heavy (non-hydrogen) atoms. The second-order valence-corrected chi connectivity index (χ2v) is 4.84. The lowest BCUT2D eigenvalue weighted by atomic mass is 10.2. The number of nitrogens with one attached hydrogen (secondary N) is 2. The third-order valence-corrected chi connectivity index (χ3v) is 3.32. The van der Waals surface area contributed by atoms with Crippen molar-refractivity contribution in [3.8, 4) is 0 Å². The van der Waals surface area contributed by atoms with E-state index in [1.807, 2.05) is 0 Å². The fourth-order valence-corrected chi connectivity index (χ4v) is 2.16. The summed E-state index contributed by atoms with van der Waals surface area (Å²) in [6.45, 7) is 2.16. The van der Waals surface area contributed by atoms with Crippen LogP contribution < -0.4 is 16.3 Å². The molecule has 0 fully saturated rings. The SMILES string of the molecule is CC(=O)NCCNC(=O)c1ccc2c(c1)n(C)c(=O)n2C. The second-order valence-electron chi connectivity index (χ2n) is 4.84. The zero-order valence-corrected chi connectivity index (χ0v) is 12.3. The van der Waals surface area contributed by atoms with E-state index in [9.17, 15) is 14.4 Å². The molecule has 7 heteroatoms. The van der Waals surface area contributed by atoms with Gasteiger partial charge in [-0.2, -0.15) is 0 Å². The van der Waals surface area contributed by atoms with E-state index < -0.39 is 0 Å². The van der Waals surface area contributed by atoms with Crippen molar-refractivity contribution < 1.29 is 9.59 Å². The normalized spacial score (nSPS) is 10.6. The number of aromatic nitrogens is 2. The molecule has 1 aromatic carbocycles. The van der Waals surface area contributed by atoms with Crippen LogP contribution in [0.4, 0.5) is 0 Å². The van der Waals surface area contributed by atoms with Gasteiger partial charge in [0.25, 0.3) is 5.91 Å². The van der Waals surface area contributed by atoms with Gasteiger partial charge in [0.1, 0.15) is 0 Å². The van der Waals surface area contributed by atoms with Gasteiger partial charge >= 0.3 is 5.69 Å². The maximum Gasteiger partial charge on any atom is 0.328 e. The lowest BCUT2D eigenvalue weighted by molar-refractivity contribution is -0.118. The number of fused-ring (bicyclic) bond motifs is 1. The largest absolute Gasteiger partial charge is 0.355 e. The first-order chi connectivity index (χ1) is 9.91. The van der Waals surface area contributed by atoms with Crippen LogP contribution in [-0.4, -0.2) is 34.0 Å². The first-order valence-electron chi connectivity index (χ1n) is 6.60. The second kappa shape index (κ2) is 5.82. The molecule has 0 unspecified atom stereocenters. The van der Waals surface area contributed by atoms with Crippen LogP contribution >= 0.6 is 0 Å². The molecule has 0 aliphatic heterocycles. The van der Waals surface area contributed by atoms with E-state index in [0.29, 0.717) is 24.2 Å². The van der Waals surface area contributed by atoms with Gasteiger partial charge in [0, 0.05) is 39.7 Å².